The zero-order chi connectivity index (χ0) is 14.3. The largest absolute Gasteiger partial charge is 0.386 e. The lowest BCUT2D eigenvalue weighted by Gasteiger charge is -2.40. The maximum Gasteiger partial charge on any atom is 0.0991 e. The second-order valence-corrected chi connectivity index (χ2v) is 7.16. The van der Waals surface area contributed by atoms with E-state index in [1.807, 2.05) is 19.9 Å². The van der Waals surface area contributed by atoms with Gasteiger partial charge in [0.25, 0.3) is 0 Å². The molecule has 3 fully saturated rings. The molecule has 0 radical (unpaired) electrons. The van der Waals surface area contributed by atoms with Crippen molar-refractivity contribution in [2.75, 3.05) is 0 Å². The molecule has 0 aromatic carbocycles. The van der Waals surface area contributed by atoms with Crippen molar-refractivity contribution in [3.05, 3.63) is 22.8 Å². The molecule has 2 heteroatoms. The number of hydrogen-bond acceptors (Lipinski definition) is 2. The van der Waals surface area contributed by atoms with Crippen molar-refractivity contribution in [3.63, 3.8) is 0 Å². The molecule has 0 spiro atoms. The number of aliphatic hydroxyl groups excluding tert-OH is 1. The molecule has 0 aliphatic heterocycles. The van der Waals surface area contributed by atoms with Crippen molar-refractivity contribution in [2.24, 2.45) is 11.8 Å². The van der Waals surface area contributed by atoms with Crippen LogP contribution in [-0.4, -0.2) is 21.9 Å². The van der Waals surface area contributed by atoms with Gasteiger partial charge in [-0.15, -0.1) is 0 Å². The highest BCUT2D eigenvalue weighted by Crippen LogP contribution is 2.49. The summed E-state index contributed by atoms with van der Waals surface area (Å²) in [6, 6.07) is 0. The number of hydrogen-bond donors (Lipinski definition) is 2. The summed E-state index contributed by atoms with van der Waals surface area (Å²) in [5, 5.41) is 21.2. The minimum absolute atomic E-state index is 0.543. The predicted molar refractivity (Wildman–Crippen MR) is 81.3 cm³/mol. The fourth-order valence-electron chi connectivity index (χ4n) is 4.93. The first-order valence-electron chi connectivity index (χ1n) is 8.33. The van der Waals surface area contributed by atoms with E-state index in [4.69, 9.17) is 0 Å². The summed E-state index contributed by atoms with van der Waals surface area (Å²) in [7, 11) is 0. The summed E-state index contributed by atoms with van der Waals surface area (Å²) < 4.78 is 0. The van der Waals surface area contributed by atoms with Gasteiger partial charge in [0.2, 0.25) is 0 Å². The molecule has 3 aliphatic carbocycles. The average Bonchev–Trinajstić information content (AvgIpc) is 2.87. The molecule has 0 bridgehead atoms. The lowest BCUT2D eigenvalue weighted by molar-refractivity contribution is 0.0462. The van der Waals surface area contributed by atoms with Gasteiger partial charge in [0.15, 0.2) is 0 Å². The topological polar surface area (TPSA) is 40.5 Å². The molecule has 20 heavy (non-hydrogen) atoms. The van der Waals surface area contributed by atoms with Crippen LogP contribution in [0.4, 0.5) is 0 Å². The number of rotatable bonds is 0. The van der Waals surface area contributed by atoms with Crippen LogP contribution in [0, 0.1) is 11.8 Å². The first-order valence-corrected chi connectivity index (χ1v) is 8.33. The minimum Gasteiger partial charge on any atom is -0.386 e. The van der Waals surface area contributed by atoms with Crippen LogP contribution in [0.2, 0.25) is 0 Å². The molecule has 0 aromatic rings. The van der Waals surface area contributed by atoms with E-state index in [2.05, 4.69) is 0 Å². The first-order chi connectivity index (χ1) is 9.54. The molecular formula is C18H28O2. The zero-order valence-corrected chi connectivity index (χ0v) is 12.9. The third kappa shape index (κ3) is 2.27. The van der Waals surface area contributed by atoms with Gasteiger partial charge in [0.1, 0.15) is 0 Å². The predicted octanol–water partition coefficient (Wildman–Crippen LogP) is 3.74. The second kappa shape index (κ2) is 5.31. The van der Waals surface area contributed by atoms with Gasteiger partial charge in [-0.3, -0.25) is 0 Å². The molecule has 0 saturated heterocycles. The molecule has 112 valence electrons. The summed E-state index contributed by atoms with van der Waals surface area (Å²) >= 11 is 0. The summed E-state index contributed by atoms with van der Waals surface area (Å²) in [6.45, 7) is 3.77. The van der Waals surface area contributed by atoms with E-state index >= 15 is 0 Å². The number of fused-ring (bicyclic) bond motifs is 1. The molecule has 0 amide bonds. The maximum absolute atomic E-state index is 10.8. The van der Waals surface area contributed by atoms with Crippen molar-refractivity contribution in [2.45, 2.75) is 76.9 Å². The van der Waals surface area contributed by atoms with Crippen LogP contribution < -0.4 is 0 Å². The molecular weight excluding hydrogens is 248 g/mol. The van der Waals surface area contributed by atoms with Crippen molar-refractivity contribution < 1.29 is 10.2 Å². The Morgan fingerprint density at radius 2 is 1.85 bits per heavy atom. The molecule has 0 heterocycles. The Balaban J connectivity index is 1.95. The minimum atomic E-state index is -0.831. The summed E-state index contributed by atoms with van der Waals surface area (Å²) in [5.74, 6) is 1.60. The molecule has 2 N–H and O–H groups in total. The third-order valence-electron chi connectivity index (χ3n) is 5.98. The summed E-state index contributed by atoms with van der Waals surface area (Å²) in [6.07, 6.45) is 10.9. The fourth-order valence-corrected chi connectivity index (χ4v) is 4.93. The Kier molecular flexibility index (Phi) is 3.81. The van der Waals surface area contributed by atoms with Gasteiger partial charge in [-0.05, 0) is 81.8 Å². The second-order valence-electron chi connectivity index (χ2n) is 7.16. The normalized spacial score (nSPS) is 47.6. The van der Waals surface area contributed by atoms with Gasteiger partial charge in [0.05, 0.1) is 11.7 Å². The van der Waals surface area contributed by atoms with Crippen molar-refractivity contribution >= 4 is 0 Å². The van der Waals surface area contributed by atoms with Gasteiger partial charge < -0.3 is 10.2 Å². The van der Waals surface area contributed by atoms with Gasteiger partial charge in [-0.25, -0.2) is 0 Å². The van der Waals surface area contributed by atoms with E-state index < -0.39 is 11.7 Å². The fraction of sp³-hybridized carbons (Fsp3) is 0.778. The van der Waals surface area contributed by atoms with E-state index in [0.717, 1.165) is 30.3 Å². The summed E-state index contributed by atoms with van der Waals surface area (Å²) in [5.41, 5.74) is 2.79. The van der Waals surface area contributed by atoms with E-state index in [1.54, 1.807) is 5.57 Å². The molecule has 4 atom stereocenters. The van der Waals surface area contributed by atoms with Gasteiger partial charge in [-0.1, -0.05) is 18.1 Å². The maximum atomic E-state index is 10.8. The standard InChI is InChI=1S/C18H28O2/c1-3-16-17(19)15(10-11-18(16,2)20)14-9-5-7-12-6-4-8-13(12)14/h3,12-13,17,19-20H,4-11H2,1-2H3. The lowest BCUT2D eigenvalue weighted by atomic mass is 9.69. The van der Waals surface area contributed by atoms with E-state index in [0.29, 0.717) is 0 Å². The first kappa shape index (κ1) is 14.3. The molecule has 0 aromatic heterocycles. The highest BCUT2D eigenvalue weighted by atomic mass is 16.3. The molecule has 2 nitrogen and oxygen atoms in total. The van der Waals surface area contributed by atoms with Crippen LogP contribution in [0.1, 0.15) is 65.2 Å². The molecule has 3 aliphatic rings. The monoisotopic (exact) mass is 276 g/mol. The van der Waals surface area contributed by atoms with Crippen molar-refractivity contribution in [3.8, 4) is 0 Å². The average molecular weight is 276 g/mol. The van der Waals surface area contributed by atoms with Crippen LogP contribution in [0.15, 0.2) is 22.8 Å². The van der Waals surface area contributed by atoms with Gasteiger partial charge in [-0.2, -0.15) is 0 Å². The Hall–Kier alpha value is -0.600. The number of aliphatic hydroxyl groups is 2. The van der Waals surface area contributed by atoms with E-state index in [-0.39, 0.29) is 0 Å². The Bertz CT molecular complexity index is 444. The van der Waals surface area contributed by atoms with Crippen LogP contribution in [-0.2, 0) is 0 Å². The smallest absolute Gasteiger partial charge is 0.0991 e. The zero-order valence-electron chi connectivity index (χ0n) is 12.9. The Labute approximate surface area is 122 Å². The highest BCUT2D eigenvalue weighted by Gasteiger charge is 2.41. The Morgan fingerprint density at radius 3 is 2.60 bits per heavy atom. The quantitative estimate of drug-likeness (QED) is 0.662. The van der Waals surface area contributed by atoms with Crippen molar-refractivity contribution in [1.82, 2.24) is 0 Å². The summed E-state index contributed by atoms with van der Waals surface area (Å²) in [4.78, 5) is 0. The molecule has 3 rings (SSSR count). The van der Waals surface area contributed by atoms with Gasteiger partial charge in [0, 0.05) is 0 Å². The van der Waals surface area contributed by atoms with Crippen LogP contribution in [0.5, 0.6) is 0 Å². The Morgan fingerprint density at radius 1 is 1.10 bits per heavy atom. The van der Waals surface area contributed by atoms with Crippen molar-refractivity contribution in [1.29, 1.82) is 0 Å². The highest BCUT2D eigenvalue weighted by molar-refractivity contribution is 5.38. The SMILES string of the molecule is CC=C1C(O)C(=C2CCCC3CCCC23)CCC1(C)O. The number of allylic oxidation sites excluding steroid dienone is 2. The van der Waals surface area contributed by atoms with Crippen LogP contribution in [0.25, 0.3) is 0 Å². The molecule has 3 saturated carbocycles. The van der Waals surface area contributed by atoms with Crippen LogP contribution >= 0.6 is 0 Å². The van der Waals surface area contributed by atoms with Gasteiger partial charge >= 0.3 is 0 Å². The van der Waals surface area contributed by atoms with E-state index in [1.165, 1.54) is 44.1 Å². The molecule has 4 unspecified atom stereocenters. The van der Waals surface area contributed by atoms with Crippen LogP contribution in [0.3, 0.4) is 0 Å². The van der Waals surface area contributed by atoms with E-state index in [9.17, 15) is 10.2 Å². The third-order valence-corrected chi connectivity index (χ3v) is 5.98. The lowest BCUT2D eigenvalue weighted by Crippen LogP contribution is -2.40.